The number of allylic oxidation sites excluding steroid dienone is 2. The highest BCUT2D eigenvalue weighted by molar-refractivity contribution is 5.79. The van der Waals surface area contributed by atoms with E-state index in [0.29, 0.717) is 13.1 Å². The average Bonchev–Trinajstić information content (AvgIpc) is 2.40. The zero-order valence-corrected chi connectivity index (χ0v) is 9.84. The first-order chi connectivity index (χ1) is 7.99. The molecule has 92 valence electrons. The molecule has 4 nitrogen and oxygen atoms in total. The van der Waals surface area contributed by atoms with E-state index in [4.69, 9.17) is 5.11 Å². The summed E-state index contributed by atoms with van der Waals surface area (Å²) in [4.78, 5) is 13.2. The van der Waals surface area contributed by atoms with Gasteiger partial charge in [-0.3, -0.25) is 9.69 Å². The molecular weight excluding hydrogens is 218 g/mol. The molecule has 0 aromatic carbocycles. The first-order valence-corrected chi connectivity index (χ1v) is 5.71. The fourth-order valence-corrected chi connectivity index (χ4v) is 1.94. The molecule has 17 heavy (non-hydrogen) atoms. The van der Waals surface area contributed by atoms with Crippen molar-refractivity contribution < 1.29 is 15.0 Å². The lowest BCUT2D eigenvalue weighted by Crippen LogP contribution is -2.51. The number of hydrogen-bond acceptors (Lipinski definition) is 3. The Hall–Kier alpha value is -1.39. The topological polar surface area (TPSA) is 60.8 Å². The lowest BCUT2D eigenvalue weighted by molar-refractivity contribution is -0.142. The standard InChI is InChI=1S/C13H17NO3/c1-13(12(16)17)5-2-3-10(4-6-13)7-14-8-11(15)9-14/h2-6,11,15H,7-9H2,1H3,(H,16,17). The number of carboxylic acids is 1. The predicted molar refractivity (Wildman–Crippen MR) is 64.6 cm³/mol. The minimum atomic E-state index is -0.924. The number of aliphatic carboxylic acids is 1. The van der Waals surface area contributed by atoms with Crippen molar-refractivity contribution in [2.45, 2.75) is 13.0 Å². The van der Waals surface area contributed by atoms with Crippen molar-refractivity contribution in [1.82, 2.24) is 4.90 Å². The van der Waals surface area contributed by atoms with E-state index in [2.05, 4.69) is 4.90 Å². The van der Waals surface area contributed by atoms with Crippen LogP contribution < -0.4 is 0 Å². The Morgan fingerprint density at radius 1 is 1.53 bits per heavy atom. The van der Waals surface area contributed by atoms with Crippen molar-refractivity contribution in [3.8, 4) is 0 Å². The molecule has 1 aliphatic heterocycles. The molecule has 0 aromatic rings. The SMILES string of the molecule is CC1(C(=O)O)C=CC=C(CN2CC(O)C2)C=C1. The molecular formula is C13H17NO3. The molecule has 1 unspecified atom stereocenters. The molecule has 0 aromatic heterocycles. The van der Waals surface area contributed by atoms with Crippen LogP contribution in [-0.4, -0.2) is 46.8 Å². The lowest BCUT2D eigenvalue weighted by atomic mass is 9.90. The van der Waals surface area contributed by atoms with Crippen molar-refractivity contribution in [3.63, 3.8) is 0 Å². The van der Waals surface area contributed by atoms with Gasteiger partial charge in [-0.25, -0.2) is 0 Å². The fraction of sp³-hybridized carbons (Fsp3) is 0.462. The Morgan fingerprint density at radius 3 is 2.82 bits per heavy atom. The van der Waals surface area contributed by atoms with Crippen LogP contribution in [0.2, 0.25) is 0 Å². The summed E-state index contributed by atoms with van der Waals surface area (Å²) in [6, 6.07) is 0. The van der Waals surface area contributed by atoms with Gasteiger partial charge in [0.05, 0.1) is 6.10 Å². The maximum Gasteiger partial charge on any atom is 0.317 e. The number of β-amino-alcohol motifs (C(OH)–C–C–N with tert-alkyl or cyclic N) is 1. The zero-order valence-electron chi connectivity index (χ0n) is 9.84. The van der Waals surface area contributed by atoms with Crippen molar-refractivity contribution >= 4 is 5.97 Å². The molecule has 2 aliphatic rings. The molecule has 2 N–H and O–H groups in total. The minimum absolute atomic E-state index is 0.204. The van der Waals surface area contributed by atoms with Crippen LogP contribution in [0.4, 0.5) is 0 Å². The van der Waals surface area contributed by atoms with Crippen molar-refractivity contribution in [3.05, 3.63) is 36.0 Å². The summed E-state index contributed by atoms with van der Waals surface area (Å²) in [7, 11) is 0. The molecule has 0 saturated carbocycles. The van der Waals surface area contributed by atoms with Crippen LogP contribution in [0.15, 0.2) is 36.0 Å². The van der Waals surface area contributed by atoms with E-state index in [1.165, 1.54) is 0 Å². The van der Waals surface area contributed by atoms with Crippen molar-refractivity contribution in [1.29, 1.82) is 0 Å². The predicted octanol–water partition coefficient (Wildman–Crippen LogP) is 0.806. The lowest BCUT2D eigenvalue weighted by Gasteiger charge is -2.36. The number of aliphatic hydroxyl groups excluding tert-OH is 1. The van der Waals surface area contributed by atoms with E-state index in [-0.39, 0.29) is 6.10 Å². The number of rotatable bonds is 3. The summed E-state index contributed by atoms with van der Waals surface area (Å²) in [5.74, 6) is -0.848. The summed E-state index contributed by atoms with van der Waals surface area (Å²) >= 11 is 0. The molecule has 1 fully saturated rings. The second-order valence-corrected chi connectivity index (χ2v) is 4.87. The first kappa shape index (κ1) is 12.1. The normalized spacial score (nSPS) is 29.6. The molecule has 1 aliphatic carbocycles. The molecule has 1 saturated heterocycles. The molecule has 0 bridgehead atoms. The second kappa shape index (κ2) is 4.47. The highest BCUT2D eigenvalue weighted by Gasteiger charge is 2.28. The maximum atomic E-state index is 11.1. The monoisotopic (exact) mass is 235 g/mol. The summed E-state index contributed by atoms with van der Waals surface area (Å²) in [5, 5.41) is 18.3. The fourth-order valence-electron chi connectivity index (χ4n) is 1.94. The summed E-state index contributed by atoms with van der Waals surface area (Å²) in [6.45, 7) is 3.83. The van der Waals surface area contributed by atoms with Crippen LogP contribution in [0.1, 0.15) is 6.92 Å². The van der Waals surface area contributed by atoms with Gasteiger partial charge in [0, 0.05) is 19.6 Å². The molecule has 0 spiro atoms. The Balaban J connectivity index is 2.01. The quantitative estimate of drug-likeness (QED) is 0.760. The van der Waals surface area contributed by atoms with Gasteiger partial charge in [0.2, 0.25) is 0 Å². The van der Waals surface area contributed by atoms with Gasteiger partial charge in [-0.05, 0) is 12.5 Å². The van der Waals surface area contributed by atoms with Gasteiger partial charge in [-0.1, -0.05) is 30.4 Å². The average molecular weight is 235 g/mol. The van der Waals surface area contributed by atoms with Gasteiger partial charge >= 0.3 is 5.97 Å². The minimum Gasteiger partial charge on any atom is -0.480 e. The molecule has 1 atom stereocenters. The van der Waals surface area contributed by atoms with Gasteiger partial charge in [0.25, 0.3) is 0 Å². The number of carboxylic acid groups (broad SMARTS) is 1. The van der Waals surface area contributed by atoms with Crippen LogP contribution in [-0.2, 0) is 4.79 Å². The van der Waals surface area contributed by atoms with Crippen LogP contribution in [0.3, 0.4) is 0 Å². The van der Waals surface area contributed by atoms with E-state index in [0.717, 1.165) is 12.1 Å². The van der Waals surface area contributed by atoms with E-state index in [1.54, 1.807) is 25.2 Å². The van der Waals surface area contributed by atoms with Gasteiger partial charge in [-0.15, -0.1) is 0 Å². The number of likely N-dealkylation sites (tertiary alicyclic amines) is 1. The third kappa shape index (κ3) is 2.65. The molecule has 1 heterocycles. The summed E-state index contributed by atoms with van der Waals surface area (Å²) in [5.41, 5.74) is 0.144. The van der Waals surface area contributed by atoms with E-state index in [9.17, 15) is 9.90 Å². The van der Waals surface area contributed by atoms with E-state index < -0.39 is 11.4 Å². The molecule has 0 amide bonds. The Labute approximate surface area is 101 Å². The van der Waals surface area contributed by atoms with Crippen molar-refractivity contribution in [2.24, 2.45) is 5.41 Å². The third-order valence-corrected chi connectivity index (χ3v) is 3.20. The van der Waals surface area contributed by atoms with Crippen LogP contribution in [0.5, 0.6) is 0 Å². The zero-order chi connectivity index (χ0) is 12.5. The highest BCUT2D eigenvalue weighted by Crippen LogP contribution is 2.24. The van der Waals surface area contributed by atoms with Crippen molar-refractivity contribution in [2.75, 3.05) is 19.6 Å². The Bertz CT molecular complexity index is 405. The smallest absolute Gasteiger partial charge is 0.317 e. The highest BCUT2D eigenvalue weighted by atomic mass is 16.4. The van der Waals surface area contributed by atoms with Crippen LogP contribution in [0, 0.1) is 5.41 Å². The van der Waals surface area contributed by atoms with Crippen LogP contribution in [0.25, 0.3) is 0 Å². The van der Waals surface area contributed by atoms with Gasteiger partial charge in [0.15, 0.2) is 0 Å². The van der Waals surface area contributed by atoms with E-state index >= 15 is 0 Å². The number of hydrogen-bond donors (Lipinski definition) is 2. The third-order valence-electron chi connectivity index (χ3n) is 3.20. The first-order valence-electron chi connectivity index (χ1n) is 5.71. The summed E-state index contributed by atoms with van der Waals surface area (Å²) < 4.78 is 0. The van der Waals surface area contributed by atoms with Gasteiger partial charge in [-0.2, -0.15) is 0 Å². The van der Waals surface area contributed by atoms with E-state index in [1.807, 2.05) is 12.2 Å². The number of carbonyl (C=O) groups is 1. The molecule has 4 heteroatoms. The Morgan fingerprint density at radius 2 is 2.24 bits per heavy atom. The second-order valence-electron chi connectivity index (χ2n) is 4.87. The van der Waals surface area contributed by atoms with Gasteiger partial charge < -0.3 is 10.2 Å². The van der Waals surface area contributed by atoms with Gasteiger partial charge in [0.1, 0.15) is 5.41 Å². The summed E-state index contributed by atoms with van der Waals surface area (Å²) in [6.07, 6.45) is 8.77. The Kier molecular flexibility index (Phi) is 3.17. The number of nitrogens with zero attached hydrogens (tertiary/aromatic N) is 1. The van der Waals surface area contributed by atoms with Crippen LogP contribution >= 0.6 is 0 Å². The molecule has 2 rings (SSSR count). The largest absolute Gasteiger partial charge is 0.480 e. The molecule has 0 radical (unpaired) electrons. The number of aliphatic hydroxyl groups is 1. The maximum absolute atomic E-state index is 11.1.